The van der Waals surface area contributed by atoms with Crippen LogP contribution in [0.2, 0.25) is 5.02 Å². The fourth-order valence-corrected chi connectivity index (χ4v) is 3.63. The number of nitrogens with zero attached hydrogens (tertiary/aromatic N) is 2. The maximum absolute atomic E-state index is 13.2. The number of benzene rings is 3. The Morgan fingerprint density at radius 2 is 1.74 bits per heavy atom. The molecule has 31 heavy (non-hydrogen) atoms. The van der Waals surface area contributed by atoms with Crippen molar-refractivity contribution in [2.75, 3.05) is 13.7 Å². The van der Waals surface area contributed by atoms with Gasteiger partial charge in [-0.1, -0.05) is 29.8 Å². The number of para-hydroxylation sites is 1. The molecule has 5 nitrogen and oxygen atoms in total. The van der Waals surface area contributed by atoms with Crippen molar-refractivity contribution < 1.29 is 9.47 Å². The molecule has 1 heterocycles. The predicted octanol–water partition coefficient (Wildman–Crippen LogP) is 5.58. The molecule has 0 amide bonds. The van der Waals surface area contributed by atoms with Gasteiger partial charge in [0, 0.05) is 17.1 Å². The highest BCUT2D eigenvalue weighted by Crippen LogP contribution is 2.22. The Balaban J connectivity index is 1.55. The van der Waals surface area contributed by atoms with Crippen LogP contribution < -0.4 is 15.0 Å². The van der Waals surface area contributed by atoms with Crippen molar-refractivity contribution >= 4 is 22.5 Å². The summed E-state index contributed by atoms with van der Waals surface area (Å²) in [5.74, 6) is 2.16. The second kappa shape index (κ2) is 9.67. The normalized spacial score (nSPS) is 10.9. The van der Waals surface area contributed by atoms with Crippen LogP contribution >= 0.6 is 11.6 Å². The third-order valence-electron chi connectivity index (χ3n) is 5.05. The summed E-state index contributed by atoms with van der Waals surface area (Å²) in [4.78, 5) is 18.0. The summed E-state index contributed by atoms with van der Waals surface area (Å²) in [5, 5.41) is 1.27. The molecule has 0 bridgehead atoms. The van der Waals surface area contributed by atoms with Crippen molar-refractivity contribution in [2.45, 2.75) is 19.4 Å². The second-order valence-corrected chi connectivity index (χ2v) is 7.59. The van der Waals surface area contributed by atoms with Gasteiger partial charge in [-0.2, -0.15) is 0 Å². The maximum Gasteiger partial charge on any atom is 0.261 e. The van der Waals surface area contributed by atoms with Gasteiger partial charge in [-0.05, 0) is 67.4 Å². The number of ether oxygens (including phenoxy) is 2. The van der Waals surface area contributed by atoms with Gasteiger partial charge in [0.2, 0.25) is 0 Å². The topological polar surface area (TPSA) is 53.3 Å². The summed E-state index contributed by atoms with van der Waals surface area (Å²) in [6, 6.07) is 22.4. The predicted molar refractivity (Wildman–Crippen MR) is 124 cm³/mol. The van der Waals surface area contributed by atoms with Crippen LogP contribution in [0.4, 0.5) is 0 Å². The molecule has 0 spiro atoms. The van der Waals surface area contributed by atoms with Gasteiger partial charge in [0.15, 0.2) is 0 Å². The fourth-order valence-electron chi connectivity index (χ4n) is 3.45. The largest absolute Gasteiger partial charge is 0.497 e. The van der Waals surface area contributed by atoms with Gasteiger partial charge in [0.25, 0.3) is 5.56 Å². The van der Waals surface area contributed by atoms with Crippen LogP contribution in [0.3, 0.4) is 0 Å². The van der Waals surface area contributed by atoms with E-state index in [0.717, 1.165) is 29.9 Å². The lowest BCUT2D eigenvalue weighted by Gasteiger charge is -2.14. The molecule has 0 saturated heterocycles. The number of methoxy groups -OCH3 is 1. The molecule has 0 atom stereocenters. The molecular formula is C25H23ClN2O3. The summed E-state index contributed by atoms with van der Waals surface area (Å²) < 4.78 is 12.8. The van der Waals surface area contributed by atoms with E-state index in [-0.39, 0.29) is 5.56 Å². The Morgan fingerprint density at radius 3 is 2.52 bits per heavy atom. The number of hydrogen-bond donors (Lipinski definition) is 0. The first-order valence-electron chi connectivity index (χ1n) is 10.2. The molecule has 0 aliphatic rings. The number of fused-ring (bicyclic) bond motifs is 1. The zero-order valence-electron chi connectivity index (χ0n) is 17.3. The van der Waals surface area contributed by atoms with Gasteiger partial charge < -0.3 is 9.47 Å². The van der Waals surface area contributed by atoms with Crippen LogP contribution in [0.5, 0.6) is 11.5 Å². The van der Waals surface area contributed by atoms with E-state index in [2.05, 4.69) is 0 Å². The van der Waals surface area contributed by atoms with Gasteiger partial charge in [0.05, 0.1) is 24.6 Å². The van der Waals surface area contributed by atoms with Crippen LogP contribution in [0.25, 0.3) is 22.3 Å². The van der Waals surface area contributed by atoms with Crippen molar-refractivity contribution in [3.8, 4) is 22.9 Å². The summed E-state index contributed by atoms with van der Waals surface area (Å²) in [6.07, 6.45) is 1.58. The molecule has 158 valence electrons. The van der Waals surface area contributed by atoms with Crippen molar-refractivity contribution in [2.24, 2.45) is 0 Å². The molecule has 0 saturated carbocycles. The van der Waals surface area contributed by atoms with E-state index in [0.29, 0.717) is 34.9 Å². The Labute approximate surface area is 185 Å². The van der Waals surface area contributed by atoms with Gasteiger partial charge in [-0.15, -0.1) is 0 Å². The van der Waals surface area contributed by atoms with Crippen molar-refractivity contribution in [1.82, 2.24) is 9.55 Å². The summed E-state index contributed by atoms with van der Waals surface area (Å²) in [6.45, 7) is 1.10. The van der Waals surface area contributed by atoms with Crippen LogP contribution in [0, 0.1) is 0 Å². The quantitative estimate of drug-likeness (QED) is 0.339. The van der Waals surface area contributed by atoms with E-state index in [9.17, 15) is 4.79 Å². The first kappa shape index (κ1) is 20.9. The van der Waals surface area contributed by atoms with Gasteiger partial charge in [-0.3, -0.25) is 9.36 Å². The van der Waals surface area contributed by atoms with E-state index in [1.54, 1.807) is 17.7 Å². The highest BCUT2D eigenvalue weighted by molar-refractivity contribution is 6.30. The molecule has 3 aromatic carbocycles. The monoisotopic (exact) mass is 434 g/mol. The Kier molecular flexibility index (Phi) is 6.53. The lowest BCUT2D eigenvalue weighted by atomic mass is 10.1. The molecule has 4 aromatic rings. The zero-order valence-corrected chi connectivity index (χ0v) is 18.0. The zero-order chi connectivity index (χ0) is 21.6. The van der Waals surface area contributed by atoms with Crippen LogP contribution in [0.15, 0.2) is 77.6 Å². The minimum Gasteiger partial charge on any atom is -0.497 e. The maximum atomic E-state index is 13.2. The molecule has 0 radical (unpaired) electrons. The average molecular weight is 435 g/mol. The lowest BCUT2D eigenvalue weighted by molar-refractivity contribution is 0.303. The highest BCUT2D eigenvalue weighted by atomic mass is 35.5. The van der Waals surface area contributed by atoms with E-state index < -0.39 is 0 Å². The average Bonchev–Trinajstić information content (AvgIpc) is 2.80. The molecule has 0 aliphatic carbocycles. The van der Waals surface area contributed by atoms with Crippen molar-refractivity contribution in [3.05, 3.63) is 88.2 Å². The first-order valence-corrected chi connectivity index (χ1v) is 10.6. The van der Waals surface area contributed by atoms with Gasteiger partial charge >= 0.3 is 0 Å². The van der Waals surface area contributed by atoms with E-state index >= 15 is 0 Å². The molecule has 4 rings (SSSR count). The third kappa shape index (κ3) is 4.89. The minimum atomic E-state index is -0.0350. The summed E-state index contributed by atoms with van der Waals surface area (Å²) >= 11 is 5.99. The van der Waals surface area contributed by atoms with Crippen LogP contribution in [0.1, 0.15) is 12.8 Å². The lowest BCUT2D eigenvalue weighted by Crippen LogP contribution is -2.24. The highest BCUT2D eigenvalue weighted by Gasteiger charge is 2.13. The molecule has 0 unspecified atom stereocenters. The fraction of sp³-hybridized carbons (Fsp3) is 0.200. The number of unbranched alkanes of at least 4 members (excludes halogenated alkanes) is 1. The first-order chi connectivity index (χ1) is 15.2. The van der Waals surface area contributed by atoms with E-state index in [1.165, 1.54) is 0 Å². The third-order valence-corrected chi connectivity index (χ3v) is 5.29. The van der Waals surface area contributed by atoms with Gasteiger partial charge in [0.1, 0.15) is 17.3 Å². The molecule has 0 N–H and O–H groups in total. The molecule has 1 aromatic heterocycles. The van der Waals surface area contributed by atoms with Crippen molar-refractivity contribution in [1.29, 1.82) is 0 Å². The van der Waals surface area contributed by atoms with E-state index in [4.69, 9.17) is 26.1 Å². The Morgan fingerprint density at radius 1 is 0.935 bits per heavy atom. The Bertz CT molecular complexity index is 1240. The van der Waals surface area contributed by atoms with Crippen molar-refractivity contribution in [3.63, 3.8) is 0 Å². The molecule has 6 heteroatoms. The molecule has 0 fully saturated rings. The van der Waals surface area contributed by atoms with Gasteiger partial charge in [-0.25, -0.2) is 4.98 Å². The van der Waals surface area contributed by atoms with E-state index in [1.807, 2.05) is 66.7 Å². The Hall–Kier alpha value is -3.31. The SMILES string of the molecule is COc1ccc(-c2nc3ccccc3c(=O)n2CCCCOc2cccc(Cl)c2)cc1. The standard InChI is InChI=1S/C25H23ClN2O3/c1-30-20-13-11-18(12-14-20)24-27-23-10-3-2-9-22(23)25(29)28(24)15-4-5-16-31-21-8-6-7-19(26)17-21/h2-3,6-14,17H,4-5,15-16H2,1H3. The molecular weight excluding hydrogens is 412 g/mol. The number of hydrogen-bond acceptors (Lipinski definition) is 4. The minimum absolute atomic E-state index is 0.0350. The number of aromatic nitrogens is 2. The smallest absolute Gasteiger partial charge is 0.261 e. The second-order valence-electron chi connectivity index (χ2n) is 7.15. The summed E-state index contributed by atoms with van der Waals surface area (Å²) in [7, 11) is 1.63. The summed E-state index contributed by atoms with van der Waals surface area (Å²) in [5.41, 5.74) is 1.53. The van der Waals surface area contributed by atoms with Crippen LogP contribution in [-0.4, -0.2) is 23.3 Å². The number of halogens is 1. The molecule has 0 aliphatic heterocycles. The van der Waals surface area contributed by atoms with Crippen LogP contribution in [-0.2, 0) is 6.54 Å². The number of rotatable bonds is 8.